The van der Waals surface area contributed by atoms with E-state index in [-0.39, 0.29) is 5.75 Å². The summed E-state index contributed by atoms with van der Waals surface area (Å²) in [7, 11) is 0. The van der Waals surface area contributed by atoms with Crippen molar-refractivity contribution in [3.63, 3.8) is 0 Å². The highest BCUT2D eigenvalue weighted by Crippen LogP contribution is 2.32. The molecule has 0 saturated heterocycles. The fourth-order valence-corrected chi connectivity index (χ4v) is 2.11. The minimum absolute atomic E-state index is 0.143. The van der Waals surface area contributed by atoms with E-state index in [2.05, 4.69) is 36.6 Å². The van der Waals surface area contributed by atoms with Crippen molar-refractivity contribution in [2.75, 3.05) is 0 Å². The van der Waals surface area contributed by atoms with Crippen molar-refractivity contribution in [3.8, 4) is 5.75 Å². The summed E-state index contributed by atoms with van der Waals surface area (Å²) < 4.78 is 29.5. The van der Waals surface area contributed by atoms with E-state index in [4.69, 9.17) is 0 Å². The van der Waals surface area contributed by atoms with Crippen LogP contribution in [0.4, 0.5) is 8.78 Å². The molecule has 0 heterocycles. The maximum atomic E-state index is 12.0. The smallest absolute Gasteiger partial charge is 0.387 e. The topological polar surface area (TPSA) is 9.23 Å². The summed E-state index contributed by atoms with van der Waals surface area (Å²) >= 11 is 6.46. The monoisotopic (exact) mass is 328 g/mol. The first-order valence-electron chi connectivity index (χ1n) is 3.97. The van der Waals surface area contributed by atoms with Gasteiger partial charge in [0.1, 0.15) is 5.75 Å². The van der Waals surface area contributed by atoms with Crippen LogP contribution in [0.25, 0.3) is 0 Å². The molecule has 0 fully saturated rings. The Morgan fingerprint density at radius 2 is 1.93 bits per heavy atom. The van der Waals surface area contributed by atoms with E-state index in [0.717, 1.165) is 16.5 Å². The van der Waals surface area contributed by atoms with Gasteiger partial charge in [-0.3, -0.25) is 0 Å². The summed E-state index contributed by atoms with van der Waals surface area (Å²) in [5.74, 6) is 0.143. The molecular weight excluding hydrogens is 322 g/mol. The Hall–Kier alpha value is -0.160. The van der Waals surface area contributed by atoms with E-state index in [1.807, 2.05) is 6.92 Å². The molecule has 0 aromatic heterocycles. The van der Waals surface area contributed by atoms with Gasteiger partial charge in [0.05, 0.1) is 4.47 Å². The molecule has 0 aliphatic rings. The molecule has 0 bridgehead atoms. The van der Waals surface area contributed by atoms with Crippen LogP contribution in [0.5, 0.6) is 5.75 Å². The second kappa shape index (κ2) is 5.07. The fraction of sp³-hybridized carbons (Fsp3) is 0.333. The molecule has 1 nitrogen and oxygen atoms in total. The number of benzene rings is 1. The largest absolute Gasteiger partial charge is 0.434 e. The zero-order valence-electron chi connectivity index (χ0n) is 7.36. The van der Waals surface area contributed by atoms with Crippen molar-refractivity contribution >= 4 is 31.9 Å². The molecule has 0 aliphatic carbocycles. The number of aryl methyl sites for hydroxylation is 1. The molecule has 0 amide bonds. The Kier molecular flexibility index (Phi) is 4.31. The lowest BCUT2D eigenvalue weighted by Gasteiger charge is -2.09. The molecule has 78 valence electrons. The zero-order chi connectivity index (χ0) is 10.7. The molecule has 1 aromatic carbocycles. The Labute approximate surface area is 97.7 Å². The van der Waals surface area contributed by atoms with Crippen LogP contribution in [0.2, 0.25) is 0 Å². The SMILES string of the molecule is CCc1cc(Br)c(OC(F)F)cc1Br. The number of rotatable bonds is 3. The first-order valence-corrected chi connectivity index (χ1v) is 5.56. The lowest BCUT2D eigenvalue weighted by molar-refractivity contribution is -0.0504. The van der Waals surface area contributed by atoms with Gasteiger partial charge in [-0.2, -0.15) is 8.78 Å². The van der Waals surface area contributed by atoms with Crippen molar-refractivity contribution in [3.05, 3.63) is 26.6 Å². The van der Waals surface area contributed by atoms with E-state index in [1.165, 1.54) is 6.07 Å². The molecule has 0 aliphatic heterocycles. The average Bonchev–Trinajstić information content (AvgIpc) is 2.10. The van der Waals surface area contributed by atoms with Crippen molar-refractivity contribution < 1.29 is 13.5 Å². The Balaban J connectivity index is 3.02. The summed E-state index contributed by atoms with van der Waals surface area (Å²) in [6.45, 7) is -0.814. The van der Waals surface area contributed by atoms with Crippen molar-refractivity contribution in [2.24, 2.45) is 0 Å². The third kappa shape index (κ3) is 2.92. The molecule has 1 aromatic rings. The highest BCUT2D eigenvalue weighted by atomic mass is 79.9. The summed E-state index contributed by atoms with van der Waals surface area (Å²) in [5, 5.41) is 0. The maximum absolute atomic E-state index is 12.0. The van der Waals surface area contributed by atoms with Gasteiger partial charge in [0, 0.05) is 4.47 Å². The second-order valence-corrected chi connectivity index (χ2v) is 4.31. The van der Waals surface area contributed by atoms with Crippen LogP contribution >= 0.6 is 31.9 Å². The molecule has 0 radical (unpaired) electrons. The standard InChI is InChI=1S/C9H8Br2F2O/c1-2-5-3-7(11)8(4-6(5)10)14-9(12)13/h3-4,9H,2H2,1H3. The molecule has 0 saturated carbocycles. The third-order valence-electron chi connectivity index (χ3n) is 1.70. The normalized spacial score (nSPS) is 10.7. The quantitative estimate of drug-likeness (QED) is 0.799. The van der Waals surface area contributed by atoms with E-state index in [1.54, 1.807) is 6.07 Å². The number of halogens is 4. The maximum Gasteiger partial charge on any atom is 0.387 e. The predicted octanol–water partition coefficient (Wildman–Crippen LogP) is 4.38. The molecular formula is C9H8Br2F2O. The third-order valence-corrected chi connectivity index (χ3v) is 3.06. The van der Waals surface area contributed by atoms with Gasteiger partial charge in [-0.05, 0) is 40.0 Å². The highest BCUT2D eigenvalue weighted by Gasteiger charge is 2.10. The van der Waals surface area contributed by atoms with Gasteiger partial charge in [0.2, 0.25) is 0 Å². The van der Waals surface area contributed by atoms with Gasteiger partial charge in [0.25, 0.3) is 0 Å². The summed E-state index contributed by atoms with van der Waals surface area (Å²) in [6.07, 6.45) is 0.828. The lowest BCUT2D eigenvalue weighted by Crippen LogP contribution is -2.02. The van der Waals surface area contributed by atoms with Gasteiger partial charge in [-0.25, -0.2) is 0 Å². The van der Waals surface area contributed by atoms with E-state index in [0.29, 0.717) is 4.47 Å². The van der Waals surface area contributed by atoms with Crippen LogP contribution < -0.4 is 4.74 Å². The molecule has 0 N–H and O–H groups in total. The highest BCUT2D eigenvalue weighted by molar-refractivity contribution is 9.11. The van der Waals surface area contributed by atoms with Crippen LogP contribution in [0.1, 0.15) is 12.5 Å². The van der Waals surface area contributed by atoms with Crippen LogP contribution in [-0.4, -0.2) is 6.61 Å². The zero-order valence-corrected chi connectivity index (χ0v) is 10.5. The molecule has 14 heavy (non-hydrogen) atoms. The Bertz CT molecular complexity index is 329. The second-order valence-electron chi connectivity index (χ2n) is 2.61. The van der Waals surface area contributed by atoms with E-state index < -0.39 is 6.61 Å². The van der Waals surface area contributed by atoms with Crippen LogP contribution in [0.3, 0.4) is 0 Å². The average molecular weight is 330 g/mol. The molecule has 5 heteroatoms. The molecule has 0 atom stereocenters. The number of hydrogen-bond acceptors (Lipinski definition) is 1. The number of alkyl halides is 2. The van der Waals surface area contributed by atoms with Gasteiger partial charge < -0.3 is 4.74 Å². The van der Waals surface area contributed by atoms with Gasteiger partial charge in [-0.1, -0.05) is 22.9 Å². The lowest BCUT2D eigenvalue weighted by atomic mass is 10.2. The first-order chi connectivity index (χ1) is 6.54. The summed E-state index contributed by atoms with van der Waals surface area (Å²) in [4.78, 5) is 0. The Morgan fingerprint density at radius 1 is 1.29 bits per heavy atom. The van der Waals surface area contributed by atoms with Crippen LogP contribution in [-0.2, 0) is 6.42 Å². The number of ether oxygens (including phenoxy) is 1. The molecule has 0 spiro atoms. The Morgan fingerprint density at radius 3 is 2.43 bits per heavy atom. The van der Waals surface area contributed by atoms with E-state index in [9.17, 15) is 8.78 Å². The van der Waals surface area contributed by atoms with Crippen LogP contribution in [0, 0.1) is 0 Å². The van der Waals surface area contributed by atoms with Crippen molar-refractivity contribution in [1.29, 1.82) is 0 Å². The number of hydrogen-bond donors (Lipinski definition) is 0. The molecule has 0 unspecified atom stereocenters. The minimum Gasteiger partial charge on any atom is -0.434 e. The van der Waals surface area contributed by atoms with Gasteiger partial charge in [0.15, 0.2) is 0 Å². The summed E-state index contributed by atoms with van der Waals surface area (Å²) in [5.41, 5.74) is 1.04. The first kappa shape index (κ1) is 11.9. The van der Waals surface area contributed by atoms with Crippen molar-refractivity contribution in [2.45, 2.75) is 20.0 Å². The minimum atomic E-state index is -2.80. The van der Waals surface area contributed by atoms with E-state index >= 15 is 0 Å². The fourth-order valence-electron chi connectivity index (χ4n) is 1.03. The van der Waals surface area contributed by atoms with Crippen molar-refractivity contribution in [1.82, 2.24) is 0 Å². The van der Waals surface area contributed by atoms with Crippen LogP contribution in [0.15, 0.2) is 21.1 Å². The molecule has 1 rings (SSSR count). The predicted molar refractivity (Wildman–Crippen MR) is 57.9 cm³/mol. The summed E-state index contributed by atoms with van der Waals surface area (Å²) in [6, 6.07) is 3.30. The van der Waals surface area contributed by atoms with Gasteiger partial charge in [-0.15, -0.1) is 0 Å². The van der Waals surface area contributed by atoms with Gasteiger partial charge >= 0.3 is 6.61 Å².